The number of carbonyl (C=O) groups is 2. The molecule has 1 aliphatic heterocycles. The van der Waals surface area contributed by atoms with Gasteiger partial charge in [-0.3, -0.25) is 24.6 Å². The highest BCUT2D eigenvalue weighted by atomic mass is 16.6. The van der Waals surface area contributed by atoms with Gasteiger partial charge in [-0.25, -0.2) is 0 Å². The van der Waals surface area contributed by atoms with E-state index < -0.39 is 22.8 Å². The van der Waals surface area contributed by atoms with Gasteiger partial charge in [-0.05, 0) is 19.1 Å². The largest absolute Gasteiger partial charge is 0.274 e. The smallest absolute Gasteiger partial charge is 0.269 e. The topological polar surface area (TPSA) is 80.5 Å². The van der Waals surface area contributed by atoms with Crippen LogP contribution in [-0.4, -0.2) is 21.6 Å². The van der Waals surface area contributed by atoms with E-state index in [9.17, 15) is 19.7 Å². The lowest BCUT2D eigenvalue weighted by atomic mass is 10.0. The molecule has 0 spiro atoms. The molecule has 2 amide bonds. The second-order valence-electron chi connectivity index (χ2n) is 5.02. The summed E-state index contributed by atoms with van der Waals surface area (Å²) in [6, 6.07) is 12.0. The Balaban J connectivity index is 2.05. The number of carbonyl (C=O) groups excluding carboxylic acids is 2. The number of fused-ring (bicyclic) bond motifs is 1. The van der Waals surface area contributed by atoms with E-state index >= 15 is 0 Å². The molecule has 3 rings (SSSR count). The Kier molecular flexibility index (Phi) is 3.21. The standard InChI is InChI=1S/C16H12N2O4/c1-10(11-6-4-5-9-14(11)18(21)22)17-15(19)12-7-2-3-8-13(12)16(17)20/h2-10H,1H3. The second-order valence-corrected chi connectivity index (χ2v) is 5.02. The van der Waals surface area contributed by atoms with E-state index in [1.165, 1.54) is 6.07 Å². The zero-order valence-electron chi connectivity index (χ0n) is 11.7. The molecule has 0 radical (unpaired) electrons. The molecule has 6 heteroatoms. The van der Waals surface area contributed by atoms with Gasteiger partial charge in [0.15, 0.2) is 0 Å². The Morgan fingerprint density at radius 1 is 0.955 bits per heavy atom. The van der Waals surface area contributed by atoms with Crippen LogP contribution in [0.3, 0.4) is 0 Å². The number of nitro groups is 1. The van der Waals surface area contributed by atoms with Crippen molar-refractivity contribution in [3.05, 3.63) is 75.3 Å². The van der Waals surface area contributed by atoms with E-state index in [0.29, 0.717) is 16.7 Å². The first kappa shape index (κ1) is 13.9. The summed E-state index contributed by atoms with van der Waals surface area (Å²) in [7, 11) is 0. The van der Waals surface area contributed by atoms with Crippen LogP contribution in [-0.2, 0) is 0 Å². The van der Waals surface area contributed by atoms with Crippen LogP contribution in [0.25, 0.3) is 0 Å². The number of rotatable bonds is 3. The van der Waals surface area contributed by atoms with Gasteiger partial charge in [-0.1, -0.05) is 30.3 Å². The normalized spacial score (nSPS) is 14.9. The quantitative estimate of drug-likeness (QED) is 0.495. The van der Waals surface area contributed by atoms with Crippen molar-refractivity contribution in [3.63, 3.8) is 0 Å². The van der Waals surface area contributed by atoms with Crippen molar-refractivity contribution in [1.29, 1.82) is 0 Å². The molecule has 1 heterocycles. The number of imide groups is 1. The van der Waals surface area contributed by atoms with Gasteiger partial charge < -0.3 is 0 Å². The highest BCUT2D eigenvalue weighted by molar-refractivity contribution is 6.21. The van der Waals surface area contributed by atoms with Crippen molar-refractivity contribution in [2.24, 2.45) is 0 Å². The lowest BCUT2D eigenvalue weighted by molar-refractivity contribution is -0.385. The first-order valence-corrected chi connectivity index (χ1v) is 6.72. The summed E-state index contributed by atoms with van der Waals surface area (Å²) in [6.07, 6.45) is 0. The molecule has 110 valence electrons. The Hall–Kier alpha value is -3.02. The third kappa shape index (κ3) is 1.96. The van der Waals surface area contributed by atoms with E-state index in [4.69, 9.17) is 0 Å². The maximum Gasteiger partial charge on any atom is 0.274 e. The number of para-hydroxylation sites is 1. The molecule has 6 nitrogen and oxygen atoms in total. The minimum absolute atomic E-state index is 0.105. The van der Waals surface area contributed by atoms with E-state index in [1.807, 2.05) is 0 Å². The molecular weight excluding hydrogens is 284 g/mol. The van der Waals surface area contributed by atoms with Gasteiger partial charge in [-0.15, -0.1) is 0 Å². The van der Waals surface area contributed by atoms with Crippen LogP contribution >= 0.6 is 0 Å². The van der Waals surface area contributed by atoms with Gasteiger partial charge >= 0.3 is 0 Å². The van der Waals surface area contributed by atoms with Gasteiger partial charge in [-0.2, -0.15) is 0 Å². The second kappa shape index (κ2) is 5.07. The first-order valence-electron chi connectivity index (χ1n) is 6.72. The summed E-state index contributed by atoms with van der Waals surface area (Å²) in [5, 5.41) is 11.1. The average molecular weight is 296 g/mol. The van der Waals surface area contributed by atoms with Crippen LogP contribution in [0.5, 0.6) is 0 Å². The summed E-state index contributed by atoms with van der Waals surface area (Å²) in [4.78, 5) is 36.6. The lowest BCUT2D eigenvalue weighted by Gasteiger charge is -2.22. The molecule has 0 aliphatic carbocycles. The highest BCUT2D eigenvalue weighted by Gasteiger charge is 2.40. The Labute approximate surface area is 126 Å². The van der Waals surface area contributed by atoms with Gasteiger partial charge in [0.05, 0.1) is 27.7 Å². The average Bonchev–Trinajstić information content (AvgIpc) is 2.79. The van der Waals surface area contributed by atoms with Crippen molar-refractivity contribution < 1.29 is 14.5 Å². The molecule has 1 aliphatic rings. The third-order valence-corrected chi connectivity index (χ3v) is 3.80. The number of hydrogen-bond donors (Lipinski definition) is 0. The molecule has 22 heavy (non-hydrogen) atoms. The fraction of sp³-hybridized carbons (Fsp3) is 0.125. The number of hydrogen-bond acceptors (Lipinski definition) is 4. The van der Waals surface area contributed by atoms with Gasteiger partial charge in [0.25, 0.3) is 17.5 Å². The van der Waals surface area contributed by atoms with Crippen molar-refractivity contribution in [1.82, 2.24) is 4.90 Å². The monoisotopic (exact) mass is 296 g/mol. The Bertz CT molecular complexity index is 765. The molecule has 0 N–H and O–H groups in total. The molecule has 0 saturated carbocycles. The zero-order chi connectivity index (χ0) is 15.9. The van der Waals surface area contributed by atoms with Crippen LogP contribution in [0.15, 0.2) is 48.5 Å². The summed E-state index contributed by atoms with van der Waals surface area (Å²) in [6.45, 7) is 1.62. The van der Waals surface area contributed by atoms with Gasteiger partial charge in [0.1, 0.15) is 0 Å². The van der Waals surface area contributed by atoms with Crippen LogP contribution in [0.2, 0.25) is 0 Å². The van der Waals surface area contributed by atoms with Gasteiger partial charge in [0, 0.05) is 6.07 Å². The minimum Gasteiger partial charge on any atom is -0.269 e. The Morgan fingerprint density at radius 3 is 2.00 bits per heavy atom. The highest BCUT2D eigenvalue weighted by Crippen LogP contribution is 2.34. The molecular formula is C16H12N2O4. The van der Waals surface area contributed by atoms with E-state index in [1.54, 1.807) is 49.4 Å². The Morgan fingerprint density at radius 2 is 1.45 bits per heavy atom. The van der Waals surface area contributed by atoms with E-state index in [-0.39, 0.29) is 5.69 Å². The molecule has 0 saturated heterocycles. The SMILES string of the molecule is CC(c1ccccc1[N+](=O)[O-])N1C(=O)c2ccccc2C1=O. The summed E-state index contributed by atoms with van der Waals surface area (Å²) >= 11 is 0. The molecule has 0 aromatic heterocycles. The van der Waals surface area contributed by atoms with Crippen LogP contribution < -0.4 is 0 Å². The molecule has 1 atom stereocenters. The van der Waals surface area contributed by atoms with Gasteiger partial charge in [0.2, 0.25) is 0 Å². The third-order valence-electron chi connectivity index (χ3n) is 3.80. The summed E-state index contributed by atoms with van der Waals surface area (Å²) < 4.78 is 0. The van der Waals surface area contributed by atoms with E-state index in [0.717, 1.165) is 4.90 Å². The molecule has 1 unspecified atom stereocenters. The number of benzene rings is 2. The predicted octanol–water partition coefficient (Wildman–Crippen LogP) is 2.95. The number of amides is 2. The van der Waals surface area contributed by atoms with Crippen molar-refractivity contribution in [2.45, 2.75) is 13.0 Å². The summed E-state index contributed by atoms with van der Waals surface area (Å²) in [5.41, 5.74) is 0.893. The molecule has 2 aromatic carbocycles. The van der Waals surface area contributed by atoms with Crippen LogP contribution in [0.4, 0.5) is 5.69 Å². The van der Waals surface area contributed by atoms with Crippen molar-refractivity contribution in [3.8, 4) is 0 Å². The fourth-order valence-electron chi connectivity index (χ4n) is 2.71. The molecule has 0 fully saturated rings. The maximum absolute atomic E-state index is 12.4. The fourth-order valence-corrected chi connectivity index (χ4v) is 2.71. The zero-order valence-corrected chi connectivity index (χ0v) is 11.7. The van der Waals surface area contributed by atoms with E-state index in [2.05, 4.69) is 0 Å². The molecule has 2 aromatic rings. The lowest BCUT2D eigenvalue weighted by Crippen LogP contribution is -2.32. The van der Waals surface area contributed by atoms with Crippen LogP contribution in [0, 0.1) is 10.1 Å². The van der Waals surface area contributed by atoms with Crippen LogP contribution in [0.1, 0.15) is 39.2 Å². The van der Waals surface area contributed by atoms with Crippen molar-refractivity contribution >= 4 is 17.5 Å². The molecule has 0 bridgehead atoms. The minimum atomic E-state index is -0.714. The summed E-state index contributed by atoms with van der Waals surface area (Å²) in [5.74, 6) is -0.850. The predicted molar refractivity (Wildman–Crippen MR) is 78.5 cm³/mol. The van der Waals surface area contributed by atoms with Crippen molar-refractivity contribution in [2.75, 3.05) is 0 Å². The first-order chi connectivity index (χ1) is 10.5. The maximum atomic E-state index is 12.4. The number of nitrogens with zero attached hydrogens (tertiary/aromatic N) is 2. The number of nitro benzene ring substituents is 1.